The van der Waals surface area contributed by atoms with Crippen molar-refractivity contribution in [3.05, 3.63) is 36.9 Å². The molecule has 18 heavy (non-hydrogen) atoms. The van der Waals surface area contributed by atoms with Crippen LogP contribution in [-0.4, -0.2) is 16.2 Å². The van der Waals surface area contributed by atoms with Gasteiger partial charge < -0.3 is 28.6 Å². The topological polar surface area (TPSA) is 67.1 Å². The predicted molar refractivity (Wildman–Crippen MR) is 66.6 cm³/mol. The molecular formula is C12H17ClN4O. The van der Waals surface area contributed by atoms with Gasteiger partial charge in [0.25, 0.3) is 0 Å². The van der Waals surface area contributed by atoms with Crippen LogP contribution in [0.4, 0.5) is 11.4 Å². The molecule has 0 bridgehead atoms. The third-order valence-corrected chi connectivity index (χ3v) is 2.54. The second kappa shape index (κ2) is 6.16. The number of phenolic OH excluding ortho intramolecular Hbond substituents is 1. The molecule has 0 fully saturated rings. The minimum Gasteiger partial charge on any atom is -1.00 e. The Kier molecular flexibility index (Phi) is 4.85. The molecule has 5 nitrogen and oxygen atoms in total. The Morgan fingerprint density at radius 3 is 2.83 bits per heavy atom. The first-order chi connectivity index (χ1) is 8.15. The predicted octanol–water partition coefficient (Wildman–Crippen LogP) is -2.28. The number of benzene rings is 1. The molecule has 0 saturated carbocycles. The fourth-order valence-electron chi connectivity index (χ4n) is 1.66. The van der Waals surface area contributed by atoms with Crippen molar-refractivity contribution in [3.63, 3.8) is 0 Å². The molecule has 1 heterocycles. The van der Waals surface area contributed by atoms with Crippen LogP contribution in [-0.2, 0) is 13.6 Å². The summed E-state index contributed by atoms with van der Waals surface area (Å²) in [5.74, 6) is 0.186. The summed E-state index contributed by atoms with van der Waals surface area (Å²) in [5, 5.41) is 12.5. The highest BCUT2D eigenvalue weighted by Crippen LogP contribution is 2.22. The molecular weight excluding hydrogens is 252 g/mol. The summed E-state index contributed by atoms with van der Waals surface area (Å²) in [4.78, 5) is 0. The van der Waals surface area contributed by atoms with E-state index in [0.29, 0.717) is 5.69 Å². The summed E-state index contributed by atoms with van der Waals surface area (Å²) in [6.45, 7) is 1.64. The van der Waals surface area contributed by atoms with Gasteiger partial charge in [0.05, 0.1) is 25.0 Å². The number of nitrogen functional groups attached to an aromatic ring is 1. The number of aryl methyl sites for hydroxylation is 1. The molecule has 4 N–H and O–H groups in total. The average Bonchev–Trinajstić information content (AvgIpc) is 2.68. The summed E-state index contributed by atoms with van der Waals surface area (Å²) >= 11 is 0. The number of halogens is 1. The third-order valence-electron chi connectivity index (χ3n) is 2.54. The van der Waals surface area contributed by atoms with E-state index in [1.807, 2.05) is 30.3 Å². The quantitative estimate of drug-likeness (QED) is 0.332. The molecule has 1 aromatic heterocycles. The molecule has 2 aromatic rings. The van der Waals surface area contributed by atoms with Crippen molar-refractivity contribution in [2.24, 2.45) is 7.05 Å². The van der Waals surface area contributed by atoms with Crippen molar-refractivity contribution in [2.75, 3.05) is 17.6 Å². The summed E-state index contributed by atoms with van der Waals surface area (Å²) in [6, 6.07) is 4.94. The van der Waals surface area contributed by atoms with Crippen LogP contribution in [0.25, 0.3) is 0 Å². The van der Waals surface area contributed by atoms with Crippen LogP contribution < -0.4 is 28.0 Å². The summed E-state index contributed by atoms with van der Waals surface area (Å²) in [7, 11) is 1.99. The van der Waals surface area contributed by atoms with Gasteiger partial charge in [-0.1, -0.05) is 0 Å². The van der Waals surface area contributed by atoms with Gasteiger partial charge in [0.2, 0.25) is 6.33 Å². The summed E-state index contributed by atoms with van der Waals surface area (Å²) in [5.41, 5.74) is 7.18. The van der Waals surface area contributed by atoms with E-state index >= 15 is 0 Å². The van der Waals surface area contributed by atoms with E-state index in [9.17, 15) is 5.11 Å². The van der Waals surface area contributed by atoms with Gasteiger partial charge in [0.1, 0.15) is 24.7 Å². The van der Waals surface area contributed by atoms with E-state index in [0.717, 1.165) is 18.8 Å². The molecule has 0 saturated heterocycles. The van der Waals surface area contributed by atoms with E-state index in [1.165, 1.54) is 6.07 Å². The van der Waals surface area contributed by atoms with Crippen LogP contribution >= 0.6 is 0 Å². The highest BCUT2D eigenvalue weighted by atomic mass is 35.5. The number of anilines is 2. The Hall–Kier alpha value is -1.88. The lowest BCUT2D eigenvalue weighted by Crippen LogP contribution is -3.00. The zero-order chi connectivity index (χ0) is 12.3. The number of rotatable bonds is 4. The molecule has 0 atom stereocenters. The smallest absolute Gasteiger partial charge is 0.243 e. The molecule has 0 aliphatic carbocycles. The number of nitrogens with two attached hydrogens (primary N) is 1. The molecule has 0 spiro atoms. The third kappa shape index (κ3) is 3.56. The Morgan fingerprint density at radius 1 is 1.44 bits per heavy atom. The summed E-state index contributed by atoms with van der Waals surface area (Å²) in [6.07, 6.45) is 6.03. The molecule has 0 amide bonds. The number of aromatic hydroxyl groups is 1. The van der Waals surface area contributed by atoms with E-state index in [-0.39, 0.29) is 18.2 Å². The van der Waals surface area contributed by atoms with Crippen molar-refractivity contribution < 1.29 is 22.1 Å². The fraction of sp³-hybridized carbons (Fsp3) is 0.250. The van der Waals surface area contributed by atoms with Gasteiger partial charge >= 0.3 is 0 Å². The van der Waals surface area contributed by atoms with Gasteiger partial charge in [0, 0.05) is 6.07 Å². The zero-order valence-corrected chi connectivity index (χ0v) is 10.9. The number of phenols is 1. The Balaban J connectivity index is 0.00000162. The number of aromatic nitrogens is 2. The fourth-order valence-corrected chi connectivity index (χ4v) is 1.66. The molecule has 0 radical (unpaired) electrons. The van der Waals surface area contributed by atoms with Crippen molar-refractivity contribution in [1.82, 2.24) is 4.57 Å². The second-order valence-corrected chi connectivity index (χ2v) is 4.02. The molecule has 2 rings (SSSR count). The van der Waals surface area contributed by atoms with Crippen molar-refractivity contribution in [2.45, 2.75) is 6.54 Å². The maximum absolute atomic E-state index is 9.23. The lowest BCUT2D eigenvalue weighted by molar-refractivity contribution is -0.671. The van der Waals surface area contributed by atoms with Crippen LogP contribution in [0.3, 0.4) is 0 Å². The molecule has 1 aromatic carbocycles. The monoisotopic (exact) mass is 268 g/mol. The van der Waals surface area contributed by atoms with Crippen molar-refractivity contribution in [3.8, 4) is 5.75 Å². The standard InChI is InChI=1S/C12H16N4O.ClH/c1-15-6-7-16(9-15)5-4-14-12-3-2-10(17)8-11(12)13;/h2-3,6-9,14H,4-5,13H2,1H3;1H. The second-order valence-electron chi connectivity index (χ2n) is 4.02. The Labute approximate surface area is 112 Å². The normalized spacial score (nSPS) is 9.83. The molecule has 0 unspecified atom stereocenters. The Morgan fingerprint density at radius 2 is 2.22 bits per heavy atom. The van der Waals surface area contributed by atoms with Crippen molar-refractivity contribution in [1.29, 1.82) is 0 Å². The minimum absolute atomic E-state index is 0. The van der Waals surface area contributed by atoms with Crippen LogP contribution in [0.15, 0.2) is 36.9 Å². The number of nitrogens with one attached hydrogen (secondary N) is 1. The maximum Gasteiger partial charge on any atom is 0.243 e. The van der Waals surface area contributed by atoms with Crippen LogP contribution in [0, 0.1) is 0 Å². The van der Waals surface area contributed by atoms with Gasteiger partial charge in [0.15, 0.2) is 0 Å². The van der Waals surface area contributed by atoms with Gasteiger partial charge in [-0.15, -0.1) is 0 Å². The first-order valence-electron chi connectivity index (χ1n) is 5.48. The first kappa shape index (κ1) is 14.2. The Bertz CT molecular complexity index is 513. The average molecular weight is 269 g/mol. The number of hydrogen-bond acceptors (Lipinski definition) is 3. The number of hydrogen-bond donors (Lipinski definition) is 3. The zero-order valence-electron chi connectivity index (χ0n) is 10.2. The molecule has 6 heteroatoms. The van der Waals surface area contributed by atoms with E-state index < -0.39 is 0 Å². The lowest BCUT2D eigenvalue weighted by atomic mass is 10.2. The van der Waals surface area contributed by atoms with Crippen molar-refractivity contribution >= 4 is 11.4 Å². The minimum atomic E-state index is 0. The van der Waals surface area contributed by atoms with Gasteiger partial charge in [-0.2, -0.15) is 0 Å². The highest BCUT2D eigenvalue weighted by Gasteiger charge is 2.02. The van der Waals surface area contributed by atoms with Crippen LogP contribution in [0.2, 0.25) is 0 Å². The SMILES string of the molecule is C[n+]1ccn(CCNc2ccc(O)cc2N)c1.[Cl-]. The van der Waals surface area contributed by atoms with Crippen LogP contribution in [0.1, 0.15) is 0 Å². The molecule has 98 valence electrons. The maximum atomic E-state index is 9.23. The molecule has 0 aliphatic heterocycles. The van der Waals surface area contributed by atoms with Gasteiger partial charge in [-0.3, -0.25) is 0 Å². The number of nitrogens with zero attached hydrogens (tertiary/aromatic N) is 2. The van der Waals surface area contributed by atoms with Gasteiger partial charge in [-0.05, 0) is 12.1 Å². The van der Waals surface area contributed by atoms with E-state index in [4.69, 9.17) is 5.73 Å². The first-order valence-corrected chi connectivity index (χ1v) is 5.48. The highest BCUT2D eigenvalue weighted by molar-refractivity contribution is 5.67. The molecule has 0 aliphatic rings. The van der Waals surface area contributed by atoms with E-state index in [1.54, 1.807) is 12.1 Å². The lowest BCUT2D eigenvalue weighted by Gasteiger charge is -2.08. The largest absolute Gasteiger partial charge is 1.00 e. The van der Waals surface area contributed by atoms with Gasteiger partial charge in [-0.25, -0.2) is 9.13 Å². The van der Waals surface area contributed by atoms with Crippen LogP contribution in [0.5, 0.6) is 5.75 Å². The van der Waals surface area contributed by atoms with E-state index in [2.05, 4.69) is 9.88 Å². The number of imidazole rings is 1. The summed E-state index contributed by atoms with van der Waals surface area (Å²) < 4.78 is 4.08.